The van der Waals surface area contributed by atoms with E-state index < -0.39 is 9.05 Å². The number of fused-ring (bicyclic) bond motifs is 1. The topological polar surface area (TPSA) is 71.2 Å². The Morgan fingerprint density at radius 1 is 1.38 bits per heavy atom. The van der Waals surface area contributed by atoms with Gasteiger partial charge in [-0.2, -0.15) is 0 Å². The summed E-state index contributed by atoms with van der Waals surface area (Å²) in [5.74, 6) is 0. The lowest BCUT2D eigenvalue weighted by Gasteiger charge is -2.06. The molecule has 1 aliphatic carbocycles. The van der Waals surface area contributed by atoms with Crippen molar-refractivity contribution in [1.82, 2.24) is 0 Å². The summed E-state index contributed by atoms with van der Waals surface area (Å²) in [6.45, 7) is 0. The van der Waals surface area contributed by atoms with E-state index in [1.807, 2.05) is 0 Å². The van der Waals surface area contributed by atoms with Gasteiger partial charge in [0, 0.05) is 17.1 Å². The van der Waals surface area contributed by atoms with Gasteiger partial charge < -0.3 is 0 Å². The third-order valence-electron chi connectivity index (χ3n) is 1.70. The van der Waals surface area contributed by atoms with Gasteiger partial charge in [-0.3, -0.25) is 0 Å². The quantitative estimate of drug-likeness (QED) is 0.625. The van der Waals surface area contributed by atoms with Crippen molar-refractivity contribution in [3.8, 4) is 0 Å². The molecule has 0 unspecified atom stereocenters. The van der Waals surface area contributed by atoms with E-state index in [0.717, 1.165) is 0 Å². The number of rotatable bonds is 1. The molecule has 2 aliphatic rings. The molecule has 0 amide bonds. The number of hydrogen-bond acceptors (Lipinski definition) is 5. The number of halogens is 1. The molecule has 0 saturated heterocycles. The van der Waals surface area contributed by atoms with Gasteiger partial charge in [-0.05, 0) is 17.4 Å². The van der Waals surface area contributed by atoms with Crippen LogP contribution in [0.15, 0.2) is 38.2 Å². The second-order valence-electron chi connectivity index (χ2n) is 2.54. The Hall–Kier alpha value is -1.01. The highest BCUT2D eigenvalue weighted by atomic mass is 35.7. The lowest BCUT2D eigenvalue weighted by Crippen LogP contribution is -2.08. The summed E-state index contributed by atoms with van der Waals surface area (Å²) in [6, 6.07) is 0. The van der Waals surface area contributed by atoms with Gasteiger partial charge in [-0.25, -0.2) is 8.42 Å². The summed E-state index contributed by atoms with van der Waals surface area (Å²) in [5.41, 5.74) is 1.14. The smallest absolute Gasteiger partial charge is 0.207 e. The highest BCUT2D eigenvalue weighted by Crippen LogP contribution is 2.26. The lowest BCUT2D eigenvalue weighted by molar-refractivity contribution is 0.614. The first-order valence-electron chi connectivity index (χ1n) is 3.41. The molecule has 68 valence electrons. The van der Waals surface area contributed by atoms with Crippen LogP contribution in [0.2, 0.25) is 0 Å². The Bertz CT molecular complexity index is 472. The van der Waals surface area contributed by atoms with E-state index in [9.17, 15) is 8.42 Å². The van der Waals surface area contributed by atoms with Crippen LogP contribution in [-0.4, -0.2) is 14.1 Å². The highest BCUT2D eigenvalue weighted by Gasteiger charge is 2.23. The first-order valence-corrected chi connectivity index (χ1v) is 5.72. The number of hydrogen-bond donors (Lipinski definition) is 0. The van der Waals surface area contributed by atoms with Crippen LogP contribution >= 0.6 is 10.7 Å². The molecule has 0 atom stereocenters. The zero-order valence-electron chi connectivity index (χ0n) is 6.31. The third-order valence-corrected chi connectivity index (χ3v) is 3.20. The van der Waals surface area contributed by atoms with E-state index in [1.54, 1.807) is 0 Å². The molecule has 0 radical (unpaired) electrons. The zero-order valence-corrected chi connectivity index (χ0v) is 7.88. The van der Waals surface area contributed by atoms with Crippen molar-refractivity contribution in [1.29, 1.82) is 0 Å². The number of nitrogens with zero attached hydrogens (tertiary/aromatic N) is 3. The van der Waals surface area contributed by atoms with Gasteiger partial charge in [0.15, 0.2) is 0 Å². The summed E-state index contributed by atoms with van der Waals surface area (Å²) in [6.07, 6.45) is 3.12. The first kappa shape index (κ1) is 8.58. The van der Waals surface area contributed by atoms with E-state index in [4.69, 9.17) is 10.7 Å². The van der Waals surface area contributed by atoms with Crippen molar-refractivity contribution in [2.45, 2.75) is 6.42 Å². The van der Waals surface area contributed by atoms with E-state index in [1.165, 1.54) is 12.2 Å². The molecule has 2 rings (SSSR count). The Kier molecular flexibility index (Phi) is 1.81. The second kappa shape index (κ2) is 2.74. The first-order chi connectivity index (χ1) is 6.07. The maximum atomic E-state index is 10.9. The average molecular weight is 218 g/mol. The molecule has 7 heteroatoms. The predicted octanol–water partition coefficient (Wildman–Crippen LogP) is 1.55. The van der Waals surface area contributed by atoms with Crippen molar-refractivity contribution < 1.29 is 8.42 Å². The fraction of sp³-hybridized carbons (Fsp3) is 0.167. The van der Waals surface area contributed by atoms with Crippen molar-refractivity contribution in [2.24, 2.45) is 15.4 Å². The predicted molar refractivity (Wildman–Crippen MR) is 47.8 cm³/mol. The van der Waals surface area contributed by atoms with Crippen LogP contribution in [0.25, 0.3) is 0 Å². The molecule has 0 aromatic heterocycles. The molecule has 0 spiro atoms. The van der Waals surface area contributed by atoms with Crippen LogP contribution in [-0.2, 0) is 9.05 Å². The molecular weight excluding hydrogens is 214 g/mol. The lowest BCUT2D eigenvalue weighted by atomic mass is 10.1. The van der Waals surface area contributed by atoms with E-state index in [0.29, 0.717) is 11.4 Å². The molecule has 1 heterocycles. The molecule has 1 aliphatic heterocycles. The van der Waals surface area contributed by atoms with Gasteiger partial charge in [0.25, 0.3) is 9.05 Å². The summed E-state index contributed by atoms with van der Waals surface area (Å²) in [4.78, 5) is 0.129. The maximum Gasteiger partial charge on any atom is 0.257 e. The number of allylic oxidation sites excluding steroid dienone is 4. The van der Waals surface area contributed by atoms with Gasteiger partial charge in [0.2, 0.25) is 0 Å². The summed E-state index contributed by atoms with van der Waals surface area (Å²) in [5, 5.41) is 10.8. The fourth-order valence-corrected chi connectivity index (χ4v) is 1.91. The largest absolute Gasteiger partial charge is 0.257 e. The minimum absolute atomic E-state index is 0.129. The normalized spacial score (nSPS) is 20.5. The Balaban J connectivity index is 2.42. The Morgan fingerprint density at radius 2 is 2.15 bits per heavy atom. The molecule has 0 fully saturated rings. The molecule has 0 aromatic rings. The molecule has 5 nitrogen and oxygen atoms in total. The van der Waals surface area contributed by atoms with Crippen LogP contribution in [0.3, 0.4) is 0 Å². The molecule has 0 bridgehead atoms. The van der Waals surface area contributed by atoms with Gasteiger partial charge in [0.1, 0.15) is 5.70 Å². The summed E-state index contributed by atoms with van der Waals surface area (Å²) >= 11 is 0. The van der Waals surface area contributed by atoms with Crippen molar-refractivity contribution in [3.05, 3.63) is 22.8 Å². The second-order valence-corrected chi connectivity index (χ2v) is 5.15. The monoisotopic (exact) mass is 217 g/mol. The average Bonchev–Trinajstić information content (AvgIpc) is 2.47. The van der Waals surface area contributed by atoms with Crippen molar-refractivity contribution in [3.63, 3.8) is 0 Å². The van der Waals surface area contributed by atoms with Crippen molar-refractivity contribution >= 4 is 25.4 Å². The highest BCUT2D eigenvalue weighted by molar-refractivity contribution is 8.16. The van der Waals surface area contributed by atoms with Gasteiger partial charge in [-0.15, -0.1) is 10.2 Å². The van der Waals surface area contributed by atoms with Gasteiger partial charge >= 0.3 is 0 Å². The van der Waals surface area contributed by atoms with E-state index in [-0.39, 0.29) is 11.3 Å². The Morgan fingerprint density at radius 3 is 2.85 bits per heavy atom. The fourth-order valence-electron chi connectivity index (χ4n) is 1.05. The van der Waals surface area contributed by atoms with Crippen LogP contribution in [0.5, 0.6) is 0 Å². The van der Waals surface area contributed by atoms with Crippen LogP contribution < -0.4 is 0 Å². The third kappa shape index (κ3) is 1.54. The summed E-state index contributed by atoms with van der Waals surface area (Å²) in [7, 11) is 1.52. The molecular formula is C6H4ClN3O2S. The van der Waals surface area contributed by atoms with Crippen LogP contribution in [0, 0.1) is 0 Å². The minimum Gasteiger partial charge on any atom is -0.207 e. The van der Waals surface area contributed by atoms with Gasteiger partial charge in [0.05, 0.1) is 10.6 Å². The SMILES string of the molecule is O=S(=O)(Cl)C1=CC=C2N=NN=C2C1. The van der Waals surface area contributed by atoms with E-state index in [2.05, 4.69) is 15.4 Å². The van der Waals surface area contributed by atoms with Crippen LogP contribution in [0.4, 0.5) is 0 Å². The summed E-state index contributed by atoms with van der Waals surface area (Å²) < 4.78 is 21.9. The zero-order chi connectivity index (χ0) is 9.47. The molecule has 0 N–H and O–H groups in total. The molecule has 0 saturated carbocycles. The van der Waals surface area contributed by atoms with Crippen molar-refractivity contribution in [2.75, 3.05) is 0 Å². The minimum atomic E-state index is -3.64. The Labute approximate surface area is 78.9 Å². The van der Waals surface area contributed by atoms with Gasteiger partial charge in [-0.1, -0.05) is 0 Å². The molecule has 0 aromatic carbocycles. The van der Waals surface area contributed by atoms with Crippen LogP contribution in [0.1, 0.15) is 6.42 Å². The standard InChI is InChI=1S/C6H4ClN3O2S/c7-13(11,12)4-1-2-5-6(3-4)9-10-8-5/h1-2H,3H2. The van der Waals surface area contributed by atoms with E-state index >= 15 is 0 Å². The maximum absolute atomic E-state index is 10.9. The molecule has 13 heavy (non-hydrogen) atoms.